The summed E-state index contributed by atoms with van der Waals surface area (Å²) in [6.07, 6.45) is 5.87. The monoisotopic (exact) mass is 366 g/mol. The van der Waals surface area contributed by atoms with Gasteiger partial charge < -0.3 is 10.1 Å². The quantitative estimate of drug-likeness (QED) is 0.794. The number of carbonyl (C=O) groups is 1. The minimum Gasteiger partial charge on any atom is -0.497 e. The van der Waals surface area contributed by atoms with Crippen LogP contribution in [0.5, 0.6) is 5.75 Å². The molecule has 0 heterocycles. The standard InChI is InChI=1S/C23H30N2O2/c1-25(17-18-9-5-3-6-10-18)22(19-13-15-21(27-2)16-14-19)23(26)24-20-11-7-4-8-12-20/h3,5-6,9-10,13-16,20,22H,4,7-8,11-12,17H2,1-2H3,(H,24,26)/t22-/m0/s1. The Morgan fingerprint density at radius 1 is 1.07 bits per heavy atom. The van der Waals surface area contributed by atoms with E-state index in [1.165, 1.54) is 24.8 Å². The maximum absolute atomic E-state index is 13.2. The highest BCUT2D eigenvalue weighted by molar-refractivity contribution is 5.83. The minimum atomic E-state index is -0.321. The van der Waals surface area contributed by atoms with Crippen molar-refractivity contribution in [1.29, 1.82) is 0 Å². The van der Waals surface area contributed by atoms with Crippen LogP contribution < -0.4 is 10.1 Å². The second-order valence-electron chi connectivity index (χ2n) is 7.42. The van der Waals surface area contributed by atoms with Gasteiger partial charge in [0.05, 0.1) is 7.11 Å². The highest BCUT2D eigenvalue weighted by Crippen LogP contribution is 2.25. The van der Waals surface area contributed by atoms with Crippen LogP contribution in [0, 0.1) is 0 Å². The molecular formula is C23H30N2O2. The molecule has 1 aliphatic carbocycles. The van der Waals surface area contributed by atoms with E-state index in [1.54, 1.807) is 7.11 Å². The van der Waals surface area contributed by atoms with Crippen LogP contribution in [0.1, 0.15) is 49.3 Å². The van der Waals surface area contributed by atoms with Gasteiger partial charge in [0.15, 0.2) is 0 Å². The number of hydrogen-bond acceptors (Lipinski definition) is 3. The van der Waals surface area contributed by atoms with E-state index in [0.717, 1.165) is 30.7 Å². The van der Waals surface area contributed by atoms with Crippen LogP contribution in [-0.4, -0.2) is 31.0 Å². The molecule has 0 radical (unpaired) electrons. The Morgan fingerprint density at radius 3 is 2.37 bits per heavy atom. The van der Waals surface area contributed by atoms with Crippen molar-refractivity contribution in [3.8, 4) is 5.75 Å². The lowest BCUT2D eigenvalue weighted by atomic mass is 9.94. The molecule has 144 valence electrons. The normalized spacial score (nSPS) is 16.1. The molecule has 4 nitrogen and oxygen atoms in total. The zero-order valence-corrected chi connectivity index (χ0v) is 16.4. The lowest BCUT2D eigenvalue weighted by molar-refractivity contribution is -0.127. The lowest BCUT2D eigenvalue weighted by Crippen LogP contribution is -2.43. The third kappa shape index (κ3) is 5.33. The van der Waals surface area contributed by atoms with E-state index in [0.29, 0.717) is 6.04 Å². The molecule has 0 aromatic heterocycles. The SMILES string of the molecule is COc1ccc([C@@H](C(=O)NC2CCCCC2)N(C)Cc2ccccc2)cc1. The molecule has 1 amide bonds. The fraction of sp³-hybridized carbons (Fsp3) is 0.435. The smallest absolute Gasteiger partial charge is 0.242 e. The van der Waals surface area contributed by atoms with E-state index in [2.05, 4.69) is 22.3 Å². The Hall–Kier alpha value is -2.33. The van der Waals surface area contributed by atoms with Gasteiger partial charge in [0, 0.05) is 12.6 Å². The van der Waals surface area contributed by atoms with Gasteiger partial charge >= 0.3 is 0 Å². The van der Waals surface area contributed by atoms with Crippen LogP contribution in [0.25, 0.3) is 0 Å². The van der Waals surface area contributed by atoms with Crippen molar-refractivity contribution in [1.82, 2.24) is 10.2 Å². The van der Waals surface area contributed by atoms with Crippen LogP contribution in [0.3, 0.4) is 0 Å². The van der Waals surface area contributed by atoms with E-state index in [9.17, 15) is 4.79 Å². The van der Waals surface area contributed by atoms with Crippen LogP contribution in [-0.2, 0) is 11.3 Å². The summed E-state index contributed by atoms with van der Waals surface area (Å²) in [5, 5.41) is 3.30. The summed E-state index contributed by atoms with van der Waals surface area (Å²) in [6.45, 7) is 0.718. The van der Waals surface area contributed by atoms with E-state index in [1.807, 2.05) is 49.5 Å². The Kier molecular flexibility index (Phi) is 6.88. The third-order valence-electron chi connectivity index (χ3n) is 5.35. The first-order valence-electron chi connectivity index (χ1n) is 9.86. The summed E-state index contributed by atoms with van der Waals surface area (Å²) in [4.78, 5) is 15.3. The van der Waals surface area contributed by atoms with Gasteiger partial charge in [0.1, 0.15) is 11.8 Å². The summed E-state index contributed by atoms with van der Waals surface area (Å²) in [5.74, 6) is 0.890. The predicted octanol–water partition coefficient (Wildman–Crippen LogP) is 4.32. The van der Waals surface area contributed by atoms with Gasteiger partial charge in [-0.2, -0.15) is 0 Å². The summed E-state index contributed by atoms with van der Waals surface area (Å²) < 4.78 is 5.27. The number of benzene rings is 2. The predicted molar refractivity (Wildman–Crippen MR) is 109 cm³/mol. The van der Waals surface area contributed by atoms with Gasteiger partial charge in [-0.15, -0.1) is 0 Å². The Labute approximate surface area is 162 Å². The van der Waals surface area contributed by atoms with Crippen LogP contribution in [0.2, 0.25) is 0 Å². The number of methoxy groups -OCH3 is 1. The first-order chi connectivity index (χ1) is 13.2. The number of rotatable bonds is 7. The molecule has 3 rings (SSSR count). The highest BCUT2D eigenvalue weighted by atomic mass is 16.5. The number of hydrogen-bond donors (Lipinski definition) is 1. The van der Waals surface area contributed by atoms with E-state index >= 15 is 0 Å². The average Bonchev–Trinajstić information content (AvgIpc) is 2.70. The van der Waals surface area contributed by atoms with Crippen molar-refractivity contribution in [3.63, 3.8) is 0 Å². The van der Waals surface area contributed by atoms with E-state index in [4.69, 9.17) is 4.74 Å². The van der Waals surface area contributed by atoms with Crippen LogP contribution in [0.15, 0.2) is 54.6 Å². The van der Waals surface area contributed by atoms with Gasteiger partial charge in [0.2, 0.25) is 5.91 Å². The Morgan fingerprint density at radius 2 is 1.74 bits per heavy atom. The second-order valence-corrected chi connectivity index (χ2v) is 7.42. The summed E-state index contributed by atoms with van der Waals surface area (Å²) in [6, 6.07) is 18.1. The maximum atomic E-state index is 13.2. The van der Waals surface area contributed by atoms with Crippen molar-refractivity contribution < 1.29 is 9.53 Å². The first-order valence-corrected chi connectivity index (χ1v) is 9.86. The molecular weight excluding hydrogens is 336 g/mol. The van der Waals surface area contributed by atoms with Gasteiger partial charge in [-0.3, -0.25) is 9.69 Å². The topological polar surface area (TPSA) is 41.6 Å². The molecule has 1 saturated carbocycles. The number of likely N-dealkylation sites (N-methyl/N-ethyl adjacent to an activating group) is 1. The van der Waals surface area contributed by atoms with Crippen molar-refractivity contribution >= 4 is 5.91 Å². The maximum Gasteiger partial charge on any atom is 0.242 e. The number of amides is 1. The Bertz CT molecular complexity index is 709. The number of ether oxygens (including phenoxy) is 1. The van der Waals surface area contributed by atoms with Gasteiger partial charge in [-0.1, -0.05) is 61.7 Å². The summed E-state index contributed by atoms with van der Waals surface area (Å²) in [7, 11) is 3.67. The fourth-order valence-electron chi connectivity index (χ4n) is 3.88. The van der Waals surface area contributed by atoms with Gasteiger partial charge in [0.25, 0.3) is 0 Å². The highest BCUT2D eigenvalue weighted by Gasteiger charge is 2.27. The zero-order chi connectivity index (χ0) is 19.1. The minimum absolute atomic E-state index is 0.0884. The van der Waals surface area contributed by atoms with E-state index in [-0.39, 0.29) is 11.9 Å². The zero-order valence-electron chi connectivity index (χ0n) is 16.4. The van der Waals surface area contributed by atoms with Gasteiger partial charge in [-0.05, 0) is 43.1 Å². The molecule has 4 heteroatoms. The molecule has 2 aromatic carbocycles. The number of nitrogens with zero attached hydrogens (tertiary/aromatic N) is 1. The van der Waals surface area contributed by atoms with E-state index < -0.39 is 0 Å². The summed E-state index contributed by atoms with van der Waals surface area (Å²) in [5.41, 5.74) is 2.19. The molecule has 0 spiro atoms. The average molecular weight is 367 g/mol. The number of carbonyl (C=O) groups excluding carboxylic acids is 1. The molecule has 0 saturated heterocycles. The molecule has 1 fully saturated rings. The molecule has 1 aliphatic rings. The summed E-state index contributed by atoms with van der Waals surface area (Å²) >= 11 is 0. The third-order valence-corrected chi connectivity index (χ3v) is 5.35. The molecule has 1 atom stereocenters. The molecule has 1 N–H and O–H groups in total. The fourth-order valence-corrected chi connectivity index (χ4v) is 3.88. The second kappa shape index (κ2) is 9.56. The van der Waals surface area contributed by atoms with Crippen LogP contribution in [0.4, 0.5) is 0 Å². The number of nitrogens with one attached hydrogen (secondary N) is 1. The van der Waals surface area contributed by atoms with Crippen molar-refractivity contribution in [2.24, 2.45) is 0 Å². The van der Waals surface area contributed by atoms with Crippen molar-refractivity contribution in [2.45, 2.75) is 50.7 Å². The molecule has 0 bridgehead atoms. The molecule has 0 aliphatic heterocycles. The van der Waals surface area contributed by atoms with Crippen molar-refractivity contribution in [2.75, 3.05) is 14.2 Å². The molecule has 27 heavy (non-hydrogen) atoms. The van der Waals surface area contributed by atoms with Crippen LogP contribution >= 0.6 is 0 Å². The first kappa shape index (κ1) is 19.4. The molecule has 0 unspecified atom stereocenters. The Balaban J connectivity index is 1.79. The largest absolute Gasteiger partial charge is 0.497 e. The van der Waals surface area contributed by atoms with Crippen molar-refractivity contribution in [3.05, 3.63) is 65.7 Å². The van der Waals surface area contributed by atoms with Gasteiger partial charge in [-0.25, -0.2) is 0 Å². The lowest BCUT2D eigenvalue weighted by Gasteiger charge is -2.31. The molecule has 2 aromatic rings.